The lowest BCUT2D eigenvalue weighted by Gasteiger charge is -2.09. The lowest BCUT2D eigenvalue weighted by Crippen LogP contribution is -2.04. The van der Waals surface area contributed by atoms with Crippen LogP contribution in [-0.2, 0) is 6.54 Å². The fourth-order valence-electron chi connectivity index (χ4n) is 1.99. The number of para-hydroxylation sites is 1. The number of anilines is 2. The van der Waals surface area contributed by atoms with Crippen LogP contribution in [0.15, 0.2) is 73.1 Å². The monoisotopic (exact) mass is 249 g/mol. The molecule has 0 amide bonds. The molecule has 1 aromatic heterocycles. The molecule has 0 aliphatic carbocycles. The Balaban J connectivity index is 1.79. The number of hydrogen-bond donors (Lipinski definition) is 1. The number of nitrogens with zero attached hydrogens (tertiary/aromatic N) is 2. The van der Waals surface area contributed by atoms with Gasteiger partial charge in [-0.1, -0.05) is 48.5 Å². The summed E-state index contributed by atoms with van der Waals surface area (Å²) in [5.41, 5.74) is 2.31. The Kier molecular flexibility index (Phi) is 3.28. The first kappa shape index (κ1) is 11.5. The number of imidazole rings is 1. The first-order chi connectivity index (χ1) is 9.42. The minimum atomic E-state index is 0.815. The van der Waals surface area contributed by atoms with E-state index in [1.807, 2.05) is 48.8 Å². The Morgan fingerprint density at radius 2 is 1.58 bits per heavy atom. The summed E-state index contributed by atoms with van der Waals surface area (Å²) >= 11 is 0. The average Bonchev–Trinajstić information content (AvgIpc) is 2.88. The minimum Gasteiger partial charge on any atom is -0.326 e. The highest BCUT2D eigenvalue weighted by Gasteiger charge is 2.03. The van der Waals surface area contributed by atoms with Crippen LogP contribution >= 0.6 is 0 Å². The predicted molar refractivity (Wildman–Crippen MR) is 77.5 cm³/mol. The van der Waals surface area contributed by atoms with E-state index in [4.69, 9.17) is 0 Å². The first-order valence-electron chi connectivity index (χ1n) is 6.29. The standard InChI is InChI=1S/C16H15N3/c1-3-7-14(8-4-1)13-19-12-11-17-16(19)18-15-9-5-2-6-10-15/h1-12H,13H2,(H,17,18). The van der Waals surface area contributed by atoms with E-state index in [1.54, 1.807) is 0 Å². The van der Waals surface area contributed by atoms with Gasteiger partial charge in [0.05, 0.1) is 6.54 Å². The zero-order chi connectivity index (χ0) is 12.9. The molecular formula is C16H15N3. The molecule has 0 saturated heterocycles. The fraction of sp³-hybridized carbons (Fsp3) is 0.0625. The number of benzene rings is 2. The quantitative estimate of drug-likeness (QED) is 0.764. The van der Waals surface area contributed by atoms with Crippen LogP contribution in [0.25, 0.3) is 0 Å². The molecule has 3 nitrogen and oxygen atoms in total. The summed E-state index contributed by atoms with van der Waals surface area (Å²) in [4.78, 5) is 4.36. The van der Waals surface area contributed by atoms with E-state index >= 15 is 0 Å². The van der Waals surface area contributed by atoms with Crippen LogP contribution in [0, 0.1) is 0 Å². The maximum Gasteiger partial charge on any atom is 0.207 e. The van der Waals surface area contributed by atoms with Gasteiger partial charge in [0, 0.05) is 18.1 Å². The molecule has 0 saturated carbocycles. The van der Waals surface area contributed by atoms with Crippen molar-refractivity contribution in [1.82, 2.24) is 9.55 Å². The third kappa shape index (κ3) is 2.83. The normalized spacial score (nSPS) is 10.3. The summed E-state index contributed by atoms with van der Waals surface area (Å²) in [6.07, 6.45) is 3.80. The molecule has 0 aliphatic rings. The van der Waals surface area contributed by atoms with Gasteiger partial charge in [-0.3, -0.25) is 0 Å². The van der Waals surface area contributed by atoms with Crippen molar-refractivity contribution in [2.24, 2.45) is 0 Å². The summed E-state index contributed by atoms with van der Waals surface area (Å²) in [6, 6.07) is 20.4. The van der Waals surface area contributed by atoms with Gasteiger partial charge in [0.15, 0.2) is 0 Å². The lowest BCUT2D eigenvalue weighted by molar-refractivity contribution is 0.808. The molecule has 0 spiro atoms. The number of hydrogen-bond acceptors (Lipinski definition) is 2. The van der Waals surface area contributed by atoms with Crippen molar-refractivity contribution in [2.45, 2.75) is 6.54 Å². The van der Waals surface area contributed by atoms with Gasteiger partial charge < -0.3 is 9.88 Å². The van der Waals surface area contributed by atoms with Crippen LogP contribution < -0.4 is 5.32 Å². The average molecular weight is 249 g/mol. The first-order valence-corrected chi connectivity index (χ1v) is 6.29. The van der Waals surface area contributed by atoms with Crippen molar-refractivity contribution in [1.29, 1.82) is 0 Å². The molecule has 0 atom stereocenters. The Labute approximate surface area is 112 Å². The second-order valence-corrected chi connectivity index (χ2v) is 4.36. The van der Waals surface area contributed by atoms with Crippen LogP contribution in [0.3, 0.4) is 0 Å². The van der Waals surface area contributed by atoms with E-state index in [0.717, 1.165) is 18.2 Å². The van der Waals surface area contributed by atoms with Crippen LogP contribution in [0.5, 0.6) is 0 Å². The highest BCUT2D eigenvalue weighted by atomic mass is 15.2. The van der Waals surface area contributed by atoms with Gasteiger partial charge in [-0.05, 0) is 17.7 Å². The van der Waals surface area contributed by atoms with Crippen molar-refractivity contribution in [3.8, 4) is 0 Å². The zero-order valence-electron chi connectivity index (χ0n) is 10.5. The van der Waals surface area contributed by atoms with Gasteiger partial charge in [-0.15, -0.1) is 0 Å². The molecule has 0 bridgehead atoms. The van der Waals surface area contributed by atoms with Crippen LogP contribution in [0.4, 0.5) is 11.6 Å². The van der Waals surface area contributed by atoms with Crippen LogP contribution in [0.2, 0.25) is 0 Å². The lowest BCUT2D eigenvalue weighted by atomic mass is 10.2. The van der Waals surface area contributed by atoms with Gasteiger partial charge in [-0.2, -0.15) is 0 Å². The summed E-state index contributed by atoms with van der Waals surface area (Å²) in [7, 11) is 0. The maximum absolute atomic E-state index is 4.36. The molecule has 3 heteroatoms. The minimum absolute atomic E-state index is 0.815. The second kappa shape index (κ2) is 5.40. The topological polar surface area (TPSA) is 29.9 Å². The van der Waals surface area contributed by atoms with Crippen molar-refractivity contribution in [3.05, 3.63) is 78.6 Å². The van der Waals surface area contributed by atoms with Gasteiger partial charge in [0.1, 0.15) is 0 Å². The molecule has 0 radical (unpaired) electrons. The summed E-state index contributed by atoms with van der Waals surface area (Å²) < 4.78 is 2.10. The largest absolute Gasteiger partial charge is 0.326 e. The molecule has 19 heavy (non-hydrogen) atoms. The molecule has 1 N–H and O–H groups in total. The highest BCUT2D eigenvalue weighted by molar-refractivity contribution is 5.53. The number of nitrogens with one attached hydrogen (secondary N) is 1. The zero-order valence-corrected chi connectivity index (χ0v) is 10.5. The van der Waals surface area contributed by atoms with Crippen molar-refractivity contribution >= 4 is 11.6 Å². The molecule has 1 heterocycles. The number of rotatable bonds is 4. The van der Waals surface area contributed by atoms with Gasteiger partial charge in [0.2, 0.25) is 5.95 Å². The SMILES string of the molecule is c1ccc(Cn2ccnc2Nc2ccccc2)cc1. The van der Waals surface area contributed by atoms with Crippen molar-refractivity contribution in [2.75, 3.05) is 5.32 Å². The van der Waals surface area contributed by atoms with Gasteiger partial charge >= 0.3 is 0 Å². The molecule has 3 aromatic rings. The third-order valence-corrected chi connectivity index (χ3v) is 2.94. The second-order valence-electron chi connectivity index (χ2n) is 4.36. The highest BCUT2D eigenvalue weighted by Crippen LogP contribution is 2.15. The van der Waals surface area contributed by atoms with Gasteiger partial charge in [0.25, 0.3) is 0 Å². The predicted octanol–water partition coefficient (Wildman–Crippen LogP) is 3.68. The third-order valence-electron chi connectivity index (χ3n) is 2.94. The Morgan fingerprint density at radius 3 is 2.32 bits per heavy atom. The van der Waals surface area contributed by atoms with Crippen molar-refractivity contribution in [3.63, 3.8) is 0 Å². The van der Waals surface area contributed by atoms with E-state index in [1.165, 1.54) is 5.56 Å². The maximum atomic E-state index is 4.36. The number of aromatic nitrogens is 2. The van der Waals surface area contributed by atoms with Crippen LogP contribution in [-0.4, -0.2) is 9.55 Å². The molecule has 0 unspecified atom stereocenters. The van der Waals surface area contributed by atoms with Gasteiger partial charge in [-0.25, -0.2) is 4.98 Å². The summed E-state index contributed by atoms with van der Waals surface area (Å²) in [6.45, 7) is 0.815. The van der Waals surface area contributed by atoms with Crippen LogP contribution in [0.1, 0.15) is 5.56 Å². The Morgan fingerprint density at radius 1 is 0.895 bits per heavy atom. The smallest absolute Gasteiger partial charge is 0.207 e. The Bertz CT molecular complexity index is 573. The Hall–Kier alpha value is -2.55. The van der Waals surface area contributed by atoms with E-state index < -0.39 is 0 Å². The molecule has 3 rings (SSSR count). The van der Waals surface area contributed by atoms with E-state index in [0.29, 0.717) is 0 Å². The molecule has 0 fully saturated rings. The molecule has 94 valence electrons. The van der Waals surface area contributed by atoms with E-state index in [9.17, 15) is 0 Å². The fourth-order valence-corrected chi connectivity index (χ4v) is 1.99. The summed E-state index contributed by atoms with van der Waals surface area (Å²) in [5, 5.41) is 3.32. The molecule has 2 aromatic carbocycles. The van der Waals surface area contributed by atoms with E-state index in [2.05, 4.69) is 39.1 Å². The molecule has 0 aliphatic heterocycles. The van der Waals surface area contributed by atoms with Crippen molar-refractivity contribution < 1.29 is 0 Å². The summed E-state index contributed by atoms with van der Waals surface area (Å²) in [5.74, 6) is 0.857. The van der Waals surface area contributed by atoms with E-state index in [-0.39, 0.29) is 0 Å². The molecular weight excluding hydrogens is 234 g/mol.